The molecule has 0 saturated carbocycles. The van der Waals surface area contributed by atoms with Crippen molar-refractivity contribution < 1.29 is 13.9 Å². The molecule has 0 radical (unpaired) electrons. The summed E-state index contributed by atoms with van der Waals surface area (Å²) in [6.07, 6.45) is 1.49. The molecule has 0 fully saturated rings. The molecule has 6 heteroatoms. The largest absolute Gasteiger partial charge is 0.459 e. The molecule has 31 heavy (non-hydrogen) atoms. The normalized spacial score (nSPS) is 11.6. The molecule has 2 aromatic carbocycles. The van der Waals surface area contributed by atoms with E-state index in [1.165, 1.54) is 0 Å². The highest BCUT2D eigenvalue weighted by atomic mass is 16.5. The van der Waals surface area contributed by atoms with Crippen LogP contribution in [0.25, 0.3) is 34.0 Å². The molecule has 154 valence electrons. The molecule has 0 bridgehead atoms. The fourth-order valence-electron chi connectivity index (χ4n) is 3.19. The maximum absolute atomic E-state index is 12.0. The van der Waals surface area contributed by atoms with Crippen LogP contribution in [0.2, 0.25) is 0 Å². The molecule has 6 nitrogen and oxygen atoms in total. The number of carbonyl (C=O) groups is 1. The van der Waals surface area contributed by atoms with E-state index in [0.29, 0.717) is 28.5 Å². The monoisotopic (exact) mass is 411 g/mol. The number of furan rings is 1. The van der Waals surface area contributed by atoms with Gasteiger partial charge in [-0.3, -0.25) is 0 Å². The number of ether oxygens (including phenoxy) is 1. The fourth-order valence-corrected chi connectivity index (χ4v) is 3.19. The highest BCUT2D eigenvalue weighted by Gasteiger charge is 2.12. The summed E-state index contributed by atoms with van der Waals surface area (Å²) in [6, 6.07) is 18.7. The van der Waals surface area contributed by atoms with Gasteiger partial charge >= 0.3 is 5.97 Å². The number of benzene rings is 2. The molecule has 0 spiro atoms. The van der Waals surface area contributed by atoms with E-state index in [4.69, 9.17) is 9.15 Å². The Bertz CT molecular complexity index is 1320. The van der Waals surface area contributed by atoms with Gasteiger partial charge in [-0.15, -0.1) is 0 Å². The Kier molecular flexibility index (Phi) is 5.42. The van der Waals surface area contributed by atoms with E-state index in [1.54, 1.807) is 36.4 Å². The topological polar surface area (TPSA) is 91.9 Å². The average molecular weight is 411 g/mol. The van der Waals surface area contributed by atoms with Gasteiger partial charge in [0, 0.05) is 11.6 Å². The molecule has 0 aliphatic rings. The maximum Gasteiger partial charge on any atom is 0.338 e. The van der Waals surface area contributed by atoms with Gasteiger partial charge in [-0.05, 0) is 62.7 Å². The number of rotatable bonds is 5. The van der Waals surface area contributed by atoms with Crippen molar-refractivity contribution in [3.63, 3.8) is 0 Å². The number of hydrogen-bond donors (Lipinski definition) is 1. The summed E-state index contributed by atoms with van der Waals surface area (Å²) < 4.78 is 11.1. The van der Waals surface area contributed by atoms with Crippen LogP contribution in [0.15, 0.2) is 59.0 Å². The smallest absolute Gasteiger partial charge is 0.338 e. The van der Waals surface area contributed by atoms with Crippen LogP contribution in [0.5, 0.6) is 0 Å². The van der Waals surface area contributed by atoms with Crippen molar-refractivity contribution >= 4 is 28.7 Å². The molecule has 0 amide bonds. The second kappa shape index (κ2) is 8.33. The second-order valence-electron chi connectivity index (χ2n) is 7.51. The predicted molar refractivity (Wildman–Crippen MR) is 119 cm³/mol. The second-order valence-corrected chi connectivity index (χ2v) is 7.51. The van der Waals surface area contributed by atoms with Gasteiger partial charge in [-0.2, -0.15) is 5.26 Å². The molecule has 1 N–H and O–H groups in total. The van der Waals surface area contributed by atoms with E-state index in [0.717, 1.165) is 22.2 Å². The Morgan fingerprint density at radius 2 is 1.94 bits per heavy atom. The Hall–Kier alpha value is -4.11. The number of nitriles is 1. The summed E-state index contributed by atoms with van der Waals surface area (Å²) in [5, 5.41) is 9.63. The first-order chi connectivity index (χ1) is 14.9. The van der Waals surface area contributed by atoms with Gasteiger partial charge in [-0.1, -0.05) is 18.2 Å². The molecule has 4 rings (SSSR count). The Morgan fingerprint density at radius 1 is 1.16 bits per heavy atom. The van der Waals surface area contributed by atoms with Gasteiger partial charge in [0.15, 0.2) is 0 Å². The van der Waals surface area contributed by atoms with E-state index in [9.17, 15) is 10.1 Å². The summed E-state index contributed by atoms with van der Waals surface area (Å²) in [7, 11) is 0. The first kappa shape index (κ1) is 20.2. The highest BCUT2D eigenvalue weighted by molar-refractivity contribution is 5.91. The fraction of sp³-hybridized carbons (Fsp3) is 0.160. The summed E-state index contributed by atoms with van der Waals surface area (Å²) in [4.78, 5) is 19.7. The van der Waals surface area contributed by atoms with Crippen molar-refractivity contribution in [2.45, 2.75) is 26.9 Å². The van der Waals surface area contributed by atoms with Crippen molar-refractivity contribution in [3.05, 3.63) is 77.3 Å². The van der Waals surface area contributed by atoms with Crippen LogP contribution in [-0.2, 0) is 4.74 Å². The van der Waals surface area contributed by atoms with Gasteiger partial charge in [-0.25, -0.2) is 9.78 Å². The number of hydrogen-bond acceptors (Lipinski definition) is 5. The molecular formula is C25H21N3O3. The van der Waals surface area contributed by atoms with E-state index in [1.807, 2.05) is 45.0 Å². The quantitative estimate of drug-likeness (QED) is 0.333. The number of nitrogens with zero attached hydrogens (tertiary/aromatic N) is 2. The summed E-state index contributed by atoms with van der Waals surface area (Å²) in [5.41, 5.74) is 4.48. The number of carbonyl (C=O) groups excluding carboxylic acids is 1. The predicted octanol–water partition coefficient (Wildman–Crippen LogP) is 5.76. The Labute approximate surface area is 179 Å². The standard InChI is InChI=1S/C25H21N3O3/c1-15(2)30-25(29)18-7-5-17(6-8-18)23-11-9-20(31-23)13-19(14-26)24-27-21-10-4-16(3)12-22(21)28-24/h4-13,15H,1-3H3,(H,27,28)/b19-13+. The number of esters is 1. The van der Waals surface area contributed by atoms with Gasteiger partial charge < -0.3 is 14.1 Å². The van der Waals surface area contributed by atoms with Crippen molar-refractivity contribution in [3.8, 4) is 17.4 Å². The lowest BCUT2D eigenvalue weighted by atomic mass is 10.1. The molecule has 2 aromatic heterocycles. The third kappa shape index (κ3) is 4.41. The highest BCUT2D eigenvalue weighted by Crippen LogP contribution is 2.26. The van der Waals surface area contributed by atoms with Gasteiger partial charge in [0.1, 0.15) is 23.4 Å². The van der Waals surface area contributed by atoms with Crippen molar-refractivity contribution in [2.24, 2.45) is 0 Å². The molecule has 0 unspecified atom stereocenters. The molecule has 2 heterocycles. The number of aryl methyl sites for hydroxylation is 1. The minimum Gasteiger partial charge on any atom is -0.459 e. The molecular weight excluding hydrogens is 390 g/mol. The molecule has 0 saturated heterocycles. The molecule has 4 aromatic rings. The first-order valence-corrected chi connectivity index (χ1v) is 9.93. The van der Waals surface area contributed by atoms with Crippen LogP contribution >= 0.6 is 0 Å². The van der Waals surface area contributed by atoms with Gasteiger partial charge in [0.2, 0.25) is 0 Å². The third-order valence-electron chi connectivity index (χ3n) is 4.67. The van der Waals surface area contributed by atoms with E-state index < -0.39 is 0 Å². The van der Waals surface area contributed by atoms with Crippen LogP contribution in [0.4, 0.5) is 0 Å². The van der Waals surface area contributed by atoms with Crippen molar-refractivity contribution in [1.82, 2.24) is 9.97 Å². The number of aromatic amines is 1. The minimum atomic E-state index is -0.357. The number of imidazole rings is 1. The lowest BCUT2D eigenvalue weighted by Gasteiger charge is -2.07. The summed E-state index contributed by atoms with van der Waals surface area (Å²) >= 11 is 0. The lowest BCUT2D eigenvalue weighted by Crippen LogP contribution is -2.11. The van der Waals surface area contributed by atoms with Crippen LogP contribution < -0.4 is 0 Å². The SMILES string of the molecule is Cc1ccc2nc(/C(C#N)=C/c3ccc(-c4ccc(C(=O)OC(C)C)cc4)o3)[nH]c2c1. The Morgan fingerprint density at radius 3 is 2.65 bits per heavy atom. The van der Waals surface area contributed by atoms with Crippen LogP contribution in [0, 0.1) is 18.3 Å². The lowest BCUT2D eigenvalue weighted by molar-refractivity contribution is 0.0378. The van der Waals surface area contributed by atoms with Crippen LogP contribution in [0.1, 0.15) is 41.4 Å². The van der Waals surface area contributed by atoms with E-state index in [-0.39, 0.29) is 12.1 Å². The zero-order valence-electron chi connectivity index (χ0n) is 17.5. The number of allylic oxidation sites excluding steroid dienone is 1. The molecule has 0 aliphatic heterocycles. The first-order valence-electron chi connectivity index (χ1n) is 9.93. The maximum atomic E-state index is 12.0. The van der Waals surface area contributed by atoms with Crippen molar-refractivity contribution in [2.75, 3.05) is 0 Å². The summed E-state index contributed by atoms with van der Waals surface area (Å²) in [6.45, 7) is 5.63. The zero-order chi connectivity index (χ0) is 22.0. The van der Waals surface area contributed by atoms with Crippen LogP contribution in [0.3, 0.4) is 0 Å². The van der Waals surface area contributed by atoms with Gasteiger partial charge in [0.25, 0.3) is 0 Å². The van der Waals surface area contributed by atoms with Gasteiger partial charge in [0.05, 0.1) is 28.3 Å². The molecule has 0 atom stereocenters. The number of H-pyrrole nitrogens is 1. The van der Waals surface area contributed by atoms with E-state index >= 15 is 0 Å². The molecule has 0 aliphatic carbocycles. The Balaban J connectivity index is 1.58. The number of nitrogens with one attached hydrogen (secondary N) is 1. The van der Waals surface area contributed by atoms with Crippen LogP contribution in [-0.4, -0.2) is 22.0 Å². The zero-order valence-corrected chi connectivity index (χ0v) is 17.5. The number of aromatic nitrogens is 2. The van der Waals surface area contributed by atoms with E-state index in [2.05, 4.69) is 16.0 Å². The average Bonchev–Trinajstić information content (AvgIpc) is 3.38. The third-order valence-corrected chi connectivity index (χ3v) is 4.67. The summed E-state index contributed by atoms with van der Waals surface area (Å²) in [5.74, 6) is 1.30. The number of fused-ring (bicyclic) bond motifs is 1. The minimum absolute atomic E-state index is 0.170. The van der Waals surface area contributed by atoms with Crippen molar-refractivity contribution in [1.29, 1.82) is 5.26 Å².